The minimum absolute atomic E-state index is 0.143. The largest absolute Gasteiger partial charge is 0.329 e. The minimum Gasteiger partial charge on any atom is -0.329 e. The van der Waals surface area contributed by atoms with Gasteiger partial charge in [0.15, 0.2) is 0 Å². The fraction of sp³-hybridized carbons (Fsp3) is 0.882. The highest BCUT2D eigenvalue weighted by Gasteiger charge is 2.63. The van der Waals surface area contributed by atoms with Crippen LogP contribution < -0.4 is 0 Å². The first-order valence-electron chi connectivity index (χ1n) is 8.44. The van der Waals surface area contributed by atoms with Crippen LogP contribution in [0.2, 0.25) is 0 Å². The van der Waals surface area contributed by atoms with Crippen molar-refractivity contribution < 1.29 is 9.59 Å². The standard InChI is InChI=1S/C17H26N2O2/c1-16(2)11-6-7-17(3,9-11)15(16)19-10-13(20)18-8-4-5-12(18)14(19)21/h11-12,15H,4-10H2,1-3H3. The fourth-order valence-corrected chi connectivity index (χ4v) is 6.10. The Labute approximate surface area is 126 Å². The molecule has 2 heterocycles. The number of rotatable bonds is 1. The van der Waals surface area contributed by atoms with Gasteiger partial charge in [0.1, 0.15) is 12.6 Å². The molecule has 4 rings (SSSR count). The zero-order valence-corrected chi connectivity index (χ0v) is 13.4. The zero-order valence-electron chi connectivity index (χ0n) is 13.4. The normalized spacial score (nSPS) is 44.6. The Kier molecular flexibility index (Phi) is 2.60. The van der Waals surface area contributed by atoms with Gasteiger partial charge in [-0.3, -0.25) is 9.59 Å². The molecule has 0 aromatic rings. The van der Waals surface area contributed by atoms with Crippen molar-refractivity contribution in [3.8, 4) is 0 Å². The van der Waals surface area contributed by atoms with Crippen molar-refractivity contribution in [1.29, 1.82) is 0 Å². The van der Waals surface area contributed by atoms with Crippen LogP contribution in [-0.2, 0) is 9.59 Å². The van der Waals surface area contributed by atoms with Crippen LogP contribution >= 0.6 is 0 Å². The lowest BCUT2D eigenvalue weighted by Gasteiger charge is -2.51. The molecule has 0 aromatic heterocycles. The topological polar surface area (TPSA) is 40.6 Å². The second-order valence-corrected chi connectivity index (χ2v) is 8.53. The van der Waals surface area contributed by atoms with E-state index in [2.05, 4.69) is 20.8 Å². The van der Waals surface area contributed by atoms with Crippen LogP contribution in [0.1, 0.15) is 52.9 Å². The van der Waals surface area contributed by atoms with E-state index >= 15 is 0 Å². The van der Waals surface area contributed by atoms with Crippen LogP contribution in [0.4, 0.5) is 0 Å². The first kappa shape index (κ1) is 13.6. The van der Waals surface area contributed by atoms with Crippen LogP contribution in [0.15, 0.2) is 0 Å². The number of hydrogen-bond acceptors (Lipinski definition) is 2. The van der Waals surface area contributed by atoms with Gasteiger partial charge < -0.3 is 9.80 Å². The van der Waals surface area contributed by atoms with E-state index in [0.29, 0.717) is 12.5 Å². The molecule has 4 fully saturated rings. The predicted molar refractivity (Wildman–Crippen MR) is 79.5 cm³/mol. The molecule has 4 atom stereocenters. The van der Waals surface area contributed by atoms with E-state index in [0.717, 1.165) is 19.4 Å². The molecule has 2 amide bonds. The average molecular weight is 290 g/mol. The Morgan fingerprint density at radius 3 is 2.52 bits per heavy atom. The van der Waals surface area contributed by atoms with Crippen LogP contribution in [0, 0.1) is 16.7 Å². The third-order valence-corrected chi connectivity index (χ3v) is 6.95. The molecular formula is C17H26N2O2. The number of piperazine rings is 1. The van der Waals surface area contributed by atoms with Gasteiger partial charge in [0.25, 0.3) is 0 Å². The summed E-state index contributed by atoms with van der Waals surface area (Å²) < 4.78 is 0. The molecular weight excluding hydrogens is 264 g/mol. The van der Waals surface area contributed by atoms with Crippen LogP contribution in [0.3, 0.4) is 0 Å². The molecule has 0 aromatic carbocycles. The maximum Gasteiger partial charge on any atom is 0.246 e. The van der Waals surface area contributed by atoms with Crippen LogP contribution in [-0.4, -0.2) is 46.8 Å². The average Bonchev–Trinajstić information content (AvgIpc) is 3.05. The molecule has 116 valence electrons. The summed E-state index contributed by atoms with van der Waals surface area (Å²) in [7, 11) is 0. The van der Waals surface area contributed by atoms with Gasteiger partial charge in [-0.2, -0.15) is 0 Å². The molecule has 21 heavy (non-hydrogen) atoms. The third-order valence-electron chi connectivity index (χ3n) is 6.95. The van der Waals surface area contributed by atoms with Gasteiger partial charge in [-0.1, -0.05) is 20.8 Å². The zero-order chi connectivity index (χ0) is 15.0. The summed E-state index contributed by atoms with van der Waals surface area (Å²) in [4.78, 5) is 29.2. The SMILES string of the molecule is CC12CCC(C1)C(C)(C)C2N1CC(=O)N2CCCC2C1=O. The van der Waals surface area contributed by atoms with Crippen molar-refractivity contribution in [2.24, 2.45) is 16.7 Å². The van der Waals surface area contributed by atoms with Crippen molar-refractivity contribution in [3.63, 3.8) is 0 Å². The molecule has 4 aliphatic rings. The first-order valence-corrected chi connectivity index (χ1v) is 8.44. The van der Waals surface area contributed by atoms with E-state index in [4.69, 9.17) is 0 Å². The fourth-order valence-electron chi connectivity index (χ4n) is 6.10. The maximum absolute atomic E-state index is 13.0. The van der Waals surface area contributed by atoms with E-state index in [1.165, 1.54) is 19.3 Å². The van der Waals surface area contributed by atoms with Gasteiger partial charge in [0.05, 0.1) is 0 Å². The lowest BCUT2D eigenvalue weighted by molar-refractivity contribution is -0.161. The molecule has 2 aliphatic heterocycles. The lowest BCUT2D eigenvalue weighted by atomic mass is 9.67. The maximum atomic E-state index is 13.0. The van der Waals surface area contributed by atoms with Gasteiger partial charge in [0, 0.05) is 12.6 Å². The Morgan fingerprint density at radius 1 is 1.10 bits per heavy atom. The number of amides is 2. The van der Waals surface area contributed by atoms with Crippen molar-refractivity contribution >= 4 is 11.8 Å². The van der Waals surface area contributed by atoms with Crippen molar-refractivity contribution in [2.75, 3.05) is 13.1 Å². The Hall–Kier alpha value is -1.06. The van der Waals surface area contributed by atoms with Gasteiger partial charge >= 0.3 is 0 Å². The summed E-state index contributed by atoms with van der Waals surface area (Å²) in [6.07, 6.45) is 5.54. The van der Waals surface area contributed by atoms with Gasteiger partial charge in [-0.05, 0) is 48.9 Å². The third kappa shape index (κ3) is 1.62. The first-order chi connectivity index (χ1) is 9.84. The Bertz CT molecular complexity index is 510. The molecule has 2 saturated heterocycles. The molecule has 0 radical (unpaired) electrons. The molecule has 0 N–H and O–H groups in total. The lowest BCUT2D eigenvalue weighted by Crippen LogP contribution is -2.64. The molecule has 4 nitrogen and oxygen atoms in total. The quantitative estimate of drug-likeness (QED) is 0.741. The number of nitrogens with zero attached hydrogens (tertiary/aromatic N) is 2. The molecule has 4 heteroatoms. The summed E-state index contributed by atoms with van der Waals surface area (Å²) in [5, 5.41) is 0. The van der Waals surface area contributed by atoms with E-state index in [1.54, 1.807) is 0 Å². The summed E-state index contributed by atoms with van der Waals surface area (Å²) >= 11 is 0. The van der Waals surface area contributed by atoms with Gasteiger partial charge in [-0.25, -0.2) is 0 Å². The van der Waals surface area contributed by atoms with Gasteiger partial charge in [0.2, 0.25) is 11.8 Å². The van der Waals surface area contributed by atoms with Crippen molar-refractivity contribution in [1.82, 2.24) is 9.80 Å². The predicted octanol–water partition coefficient (Wildman–Crippen LogP) is 2.03. The summed E-state index contributed by atoms with van der Waals surface area (Å²) in [6, 6.07) is 0.0766. The van der Waals surface area contributed by atoms with Crippen molar-refractivity contribution in [2.45, 2.75) is 65.0 Å². The van der Waals surface area contributed by atoms with E-state index in [1.807, 2.05) is 9.80 Å². The van der Waals surface area contributed by atoms with Crippen LogP contribution in [0.5, 0.6) is 0 Å². The number of fused-ring (bicyclic) bond motifs is 3. The number of hydrogen-bond donors (Lipinski definition) is 0. The molecule has 2 aliphatic carbocycles. The Balaban J connectivity index is 1.70. The molecule has 0 spiro atoms. The highest BCUT2D eigenvalue weighted by Crippen LogP contribution is 2.64. The molecule has 2 bridgehead atoms. The summed E-state index contributed by atoms with van der Waals surface area (Å²) in [5.74, 6) is 1.09. The second-order valence-electron chi connectivity index (χ2n) is 8.53. The van der Waals surface area contributed by atoms with Crippen LogP contribution in [0.25, 0.3) is 0 Å². The van der Waals surface area contributed by atoms with E-state index < -0.39 is 0 Å². The minimum atomic E-state index is -0.162. The van der Waals surface area contributed by atoms with Gasteiger partial charge in [-0.15, -0.1) is 0 Å². The number of carbonyl (C=O) groups excluding carboxylic acids is 2. The number of carbonyl (C=O) groups is 2. The Morgan fingerprint density at radius 2 is 1.86 bits per heavy atom. The van der Waals surface area contributed by atoms with E-state index in [9.17, 15) is 9.59 Å². The van der Waals surface area contributed by atoms with E-state index in [-0.39, 0.29) is 34.7 Å². The summed E-state index contributed by atoms with van der Waals surface area (Å²) in [6.45, 7) is 8.05. The highest BCUT2D eigenvalue weighted by molar-refractivity contribution is 5.95. The second kappa shape index (κ2) is 4.02. The molecule has 2 saturated carbocycles. The monoisotopic (exact) mass is 290 g/mol. The van der Waals surface area contributed by atoms with Crippen molar-refractivity contribution in [3.05, 3.63) is 0 Å². The highest BCUT2D eigenvalue weighted by atomic mass is 16.2. The summed E-state index contributed by atoms with van der Waals surface area (Å²) in [5.41, 5.74) is 0.356. The molecule has 4 unspecified atom stereocenters. The smallest absolute Gasteiger partial charge is 0.246 e.